The van der Waals surface area contributed by atoms with Crippen LogP contribution in [0, 0.1) is 10.4 Å². The number of carbonyl (C=O) groups is 4. The summed E-state index contributed by atoms with van der Waals surface area (Å²) in [7, 11) is 0. The second kappa shape index (κ2) is 10.7. The van der Waals surface area contributed by atoms with E-state index in [1.165, 1.54) is 0 Å². The summed E-state index contributed by atoms with van der Waals surface area (Å²) in [6, 6.07) is 44.9. The van der Waals surface area contributed by atoms with Gasteiger partial charge in [-0.05, 0) is 55.3 Å². The van der Waals surface area contributed by atoms with Gasteiger partial charge in [0.1, 0.15) is 0 Å². The van der Waals surface area contributed by atoms with Crippen molar-refractivity contribution >= 4 is 34.3 Å². The maximum Gasteiger partial charge on any atom is 0.198 e. The highest BCUT2D eigenvalue weighted by Gasteiger charge is 2.34. The molecule has 0 saturated carbocycles. The average molecular weight is 593 g/mol. The van der Waals surface area contributed by atoms with E-state index in [1.54, 1.807) is 48.5 Å². The number of ketones is 4. The summed E-state index contributed by atoms with van der Waals surface area (Å²) in [5, 5.41) is 2.88. The Morgan fingerprint density at radius 3 is 0.913 bits per heavy atom. The second-order valence-electron chi connectivity index (χ2n) is 11.4. The van der Waals surface area contributed by atoms with Crippen LogP contribution in [0.2, 0.25) is 0 Å². The van der Waals surface area contributed by atoms with E-state index in [9.17, 15) is 19.2 Å². The zero-order valence-electron chi connectivity index (χ0n) is 24.5. The van der Waals surface area contributed by atoms with Crippen LogP contribution in [0.3, 0.4) is 0 Å². The Morgan fingerprint density at radius 2 is 0.587 bits per heavy atom. The Hall–Kier alpha value is -6.26. The smallest absolute Gasteiger partial charge is 0.198 e. The van der Waals surface area contributed by atoms with Gasteiger partial charge < -0.3 is 0 Å². The number of hydrogen-bond acceptors (Lipinski definition) is 4. The van der Waals surface area contributed by atoms with Crippen LogP contribution in [0.5, 0.6) is 0 Å². The lowest BCUT2D eigenvalue weighted by Gasteiger charge is -2.09. The Balaban J connectivity index is 1.47. The fourth-order valence-electron chi connectivity index (χ4n) is 6.61. The van der Waals surface area contributed by atoms with Gasteiger partial charge in [0.15, 0.2) is 23.1 Å². The minimum Gasteiger partial charge on any atom is -0.288 e. The van der Waals surface area contributed by atoms with Gasteiger partial charge >= 0.3 is 0 Å². The SMILES string of the molecule is O=C1C(=c2cc/c(=c3/ccc(=C4C(=O)c5ccccc5C4=O)cc3-c3ccccc3)c(-c3ccccc3)c2)C(=O)c2ccccc21. The minimum absolute atomic E-state index is 0.165. The zero-order valence-corrected chi connectivity index (χ0v) is 24.5. The van der Waals surface area contributed by atoms with Crippen LogP contribution in [0.4, 0.5) is 0 Å². The third kappa shape index (κ3) is 4.23. The molecule has 0 spiro atoms. The van der Waals surface area contributed by atoms with Gasteiger partial charge in [0.2, 0.25) is 0 Å². The van der Waals surface area contributed by atoms with Crippen molar-refractivity contribution < 1.29 is 19.2 Å². The third-order valence-electron chi connectivity index (χ3n) is 8.82. The van der Waals surface area contributed by atoms with Crippen LogP contribution in [0.15, 0.2) is 146 Å². The van der Waals surface area contributed by atoms with E-state index in [2.05, 4.69) is 0 Å². The molecule has 0 amide bonds. The predicted octanol–water partition coefficient (Wildman–Crippen LogP) is 6.77. The van der Waals surface area contributed by atoms with Crippen LogP contribution in [0.1, 0.15) is 41.4 Å². The molecule has 2 aliphatic carbocycles. The number of benzene rings is 6. The number of fused-ring (bicyclic) bond motifs is 2. The van der Waals surface area contributed by atoms with Gasteiger partial charge in [0.25, 0.3) is 0 Å². The molecular weight excluding hydrogens is 568 g/mol. The molecule has 8 rings (SSSR count). The zero-order chi connectivity index (χ0) is 31.4. The highest BCUT2D eigenvalue weighted by molar-refractivity contribution is 6.56. The predicted molar refractivity (Wildman–Crippen MR) is 178 cm³/mol. The molecule has 2 aliphatic rings. The van der Waals surface area contributed by atoms with Crippen molar-refractivity contribution in [3.8, 4) is 22.3 Å². The van der Waals surface area contributed by atoms with E-state index in [-0.39, 0.29) is 34.3 Å². The standard InChI is InChI=1S/C42H24O4/c43-39-31-15-7-8-16-32(31)40(44)37(39)27-19-21-29(35(23-27)25-11-3-1-4-12-25)30-22-20-28(24-36(30)26-13-5-2-6-14-26)38-41(45)33-17-9-10-18-34(33)42(38)46/h1-24H/b30-29+. The second-order valence-corrected chi connectivity index (χ2v) is 11.4. The topological polar surface area (TPSA) is 68.3 Å². The van der Waals surface area contributed by atoms with Crippen molar-refractivity contribution in [1.29, 1.82) is 0 Å². The number of carbonyl (C=O) groups excluding carboxylic acids is 4. The maximum atomic E-state index is 13.4. The molecule has 0 aliphatic heterocycles. The first-order chi connectivity index (χ1) is 22.5. The minimum atomic E-state index is -0.273. The highest BCUT2D eigenvalue weighted by atomic mass is 16.2. The lowest BCUT2D eigenvalue weighted by atomic mass is 9.94. The van der Waals surface area contributed by atoms with Crippen LogP contribution in [-0.4, -0.2) is 23.1 Å². The molecule has 0 unspecified atom stereocenters. The van der Waals surface area contributed by atoms with Gasteiger partial charge in [-0.25, -0.2) is 0 Å². The van der Waals surface area contributed by atoms with Crippen LogP contribution >= 0.6 is 0 Å². The van der Waals surface area contributed by atoms with Gasteiger partial charge in [-0.15, -0.1) is 0 Å². The largest absolute Gasteiger partial charge is 0.288 e. The summed E-state index contributed by atoms with van der Waals surface area (Å²) >= 11 is 0. The first kappa shape index (κ1) is 27.3. The van der Waals surface area contributed by atoms with Crippen molar-refractivity contribution in [3.63, 3.8) is 0 Å². The fourth-order valence-corrected chi connectivity index (χ4v) is 6.61. The monoisotopic (exact) mass is 592 g/mol. The molecular formula is C42H24O4. The van der Waals surface area contributed by atoms with Gasteiger partial charge in [0.05, 0.1) is 11.1 Å². The molecule has 6 aromatic carbocycles. The number of rotatable bonds is 2. The van der Waals surface area contributed by atoms with E-state index < -0.39 is 0 Å². The summed E-state index contributed by atoms with van der Waals surface area (Å²) in [5.74, 6) is -1.09. The Bertz CT molecular complexity index is 2280. The van der Waals surface area contributed by atoms with E-state index in [0.717, 1.165) is 32.7 Å². The molecule has 4 nitrogen and oxygen atoms in total. The van der Waals surface area contributed by atoms with Crippen molar-refractivity contribution in [1.82, 2.24) is 0 Å². The maximum absolute atomic E-state index is 13.4. The molecule has 0 radical (unpaired) electrons. The van der Waals surface area contributed by atoms with Crippen LogP contribution < -0.4 is 10.4 Å². The Morgan fingerprint density at radius 1 is 0.283 bits per heavy atom. The summed E-state index contributed by atoms with van der Waals surface area (Å²) in [6.07, 6.45) is 0. The number of Topliss-reactive ketones (excluding diaryl/α,β-unsaturated/α-hetero) is 4. The molecule has 0 saturated heterocycles. The van der Waals surface area contributed by atoms with E-state index in [0.29, 0.717) is 32.7 Å². The van der Waals surface area contributed by atoms with Crippen molar-refractivity contribution in [2.75, 3.05) is 0 Å². The Kier molecular flexibility index (Phi) is 6.36. The molecule has 216 valence electrons. The van der Waals surface area contributed by atoms with Gasteiger partial charge in [-0.2, -0.15) is 0 Å². The molecule has 0 heterocycles. The first-order valence-corrected chi connectivity index (χ1v) is 15.0. The molecule has 46 heavy (non-hydrogen) atoms. The third-order valence-corrected chi connectivity index (χ3v) is 8.82. The summed E-state index contributed by atoms with van der Waals surface area (Å²) in [6.45, 7) is 0. The summed E-state index contributed by atoms with van der Waals surface area (Å²) < 4.78 is 0. The van der Waals surface area contributed by atoms with E-state index in [4.69, 9.17) is 0 Å². The average Bonchev–Trinajstić information content (AvgIpc) is 3.52. The van der Waals surface area contributed by atoms with Crippen LogP contribution in [-0.2, 0) is 0 Å². The highest BCUT2D eigenvalue weighted by Crippen LogP contribution is 2.30. The van der Waals surface area contributed by atoms with Crippen LogP contribution in [0.25, 0.3) is 33.4 Å². The van der Waals surface area contributed by atoms with Gasteiger partial charge in [0, 0.05) is 22.3 Å². The molecule has 6 aromatic rings. The van der Waals surface area contributed by atoms with Gasteiger partial charge in [-0.1, -0.05) is 133 Å². The molecule has 0 aromatic heterocycles. The molecule has 0 fully saturated rings. The fraction of sp³-hybridized carbons (Fsp3) is 0. The molecule has 0 atom stereocenters. The van der Waals surface area contributed by atoms with E-state index in [1.807, 2.05) is 97.1 Å². The first-order valence-electron chi connectivity index (χ1n) is 15.0. The number of hydrogen-bond donors (Lipinski definition) is 0. The summed E-state index contributed by atoms with van der Waals surface area (Å²) in [5.41, 5.74) is 5.55. The van der Waals surface area contributed by atoms with Crippen molar-refractivity contribution in [2.45, 2.75) is 0 Å². The Labute approximate surface area is 263 Å². The van der Waals surface area contributed by atoms with E-state index >= 15 is 0 Å². The van der Waals surface area contributed by atoms with Crippen molar-refractivity contribution in [2.24, 2.45) is 0 Å². The molecule has 0 N–H and O–H groups in total. The lowest BCUT2D eigenvalue weighted by molar-refractivity contribution is 0.101. The van der Waals surface area contributed by atoms with Gasteiger partial charge in [-0.3, -0.25) is 19.2 Å². The molecule has 0 bridgehead atoms. The normalized spacial score (nSPS) is 14.5. The van der Waals surface area contributed by atoms with Crippen molar-refractivity contribution in [3.05, 3.63) is 189 Å². The lowest BCUT2D eigenvalue weighted by Crippen LogP contribution is -2.15. The molecule has 4 heteroatoms. The quantitative estimate of drug-likeness (QED) is 0.223. The summed E-state index contributed by atoms with van der Waals surface area (Å²) in [4.78, 5) is 53.7.